The zero-order valence-electron chi connectivity index (χ0n) is 15.8. The summed E-state index contributed by atoms with van der Waals surface area (Å²) in [5, 5.41) is 0. The van der Waals surface area contributed by atoms with Crippen LogP contribution < -0.4 is 4.90 Å². The van der Waals surface area contributed by atoms with E-state index in [1.54, 1.807) is 43.0 Å². The fourth-order valence-corrected chi connectivity index (χ4v) is 4.77. The van der Waals surface area contributed by atoms with Gasteiger partial charge in [-0.2, -0.15) is 0 Å². The summed E-state index contributed by atoms with van der Waals surface area (Å²) in [7, 11) is -3.59. The van der Waals surface area contributed by atoms with E-state index < -0.39 is 10.0 Å². The van der Waals surface area contributed by atoms with Crippen LogP contribution in [0.3, 0.4) is 0 Å². The maximum absolute atomic E-state index is 13.0. The van der Waals surface area contributed by atoms with Crippen LogP contribution in [0.5, 0.6) is 0 Å². The number of rotatable bonds is 5. The maximum Gasteiger partial charge on any atom is 0.267 e. The van der Waals surface area contributed by atoms with Crippen molar-refractivity contribution in [3.8, 4) is 0 Å². The van der Waals surface area contributed by atoms with E-state index in [1.807, 2.05) is 25.1 Å². The van der Waals surface area contributed by atoms with E-state index in [4.69, 9.17) is 0 Å². The van der Waals surface area contributed by atoms with Crippen molar-refractivity contribution in [2.75, 3.05) is 31.1 Å². The number of hydrogen-bond donors (Lipinski definition) is 0. The molecule has 3 aromatic rings. The first-order chi connectivity index (χ1) is 13.5. The van der Waals surface area contributed by atoms with Gasteiger partial charge in [-0.1, -0.05) is 17.7 Å². The molecular formula is C20H23N5O2S. The van der Waals surface area contributed by atoms with Crippen molar-refractivity contribution in [3.05, 3.63) is 72.4 Å². The summed E-state index contributed by atoms with van der Waals surface area (Å²) in [6, 6.07) is 10.6. The Hall–Kier alpha value is -2.71. The molecule has 146 valence electrons. The largest absolute Gasteiger partial charge is 0.353 e. The van der Waals surface area contributed by atoms with E-state index in [1.165, 1.54) is 3.97 Å². The number of aromatic nitrogens is 3. The SMILES string of the molecule is Cc1ccc(S(=O)(=O)n2cccc2CN2CCN(c3cnccn3)CC2)cc1. The fourth-order valence-electron chi connectivity index (χ4n) is 3.40. The lowest BCUT2D eigenvalue weighted by molar-refractivity contribution is 0.246. The molecule has 3 heterocycles. The number of piperazine rings is 1. The van der Waals surface area contributed by atoms with Crippen molar-refractivity contribution in [1.82, 2.24) is 18.8 Å². The average molecular weight is 398 g/mol. The summed E-state index contributed by atoms with van der Waals surface area (Å²) in [5.41, 5.74) is 1.81. The Labute approximate surface area is 165 Å². The van der Waals surface area contributed by atoms with E-state index in [-0.39, 0.29) is 0 Å². The van der Waals surface area contributed by atoms with Crippen LogP contribution in [0.1, 0.15) is 11.3 Å². The first kappa shape index (κ1) is 18.6. The molecule has 0 bridgehead atoms. The number of benzene rings is 1. The predicted octanol–water partition coefficient (Wildman–Crippen LogP) is 2.15. The van der Waals surface area contributed by atoms with Gasteiger partial charge in [-0.3, -0.25) is 9.88 Å². The molecule has 7 nitrogen and oxygen atoms in total. The van der Waals surface area contributed by atoms with Crippen LogP contribution in [0.15, 0.2) is 66.1 Å². The molecule has 1 aliphatic heterocycles. The third kappa shape index (κ3) is 3.79. The van der Waals surface area contributed by atoms with Crippen LogP contribution in [-0.2, 0) is 16.6 Å². The highest BCUT2D eigenvalue weighted by Crippen LogP contribution is 2.19. The lowest BCUT2D eigenvalue weighted by Gasteiger charge is -2.35. The van der Waals surface area contributed by atoms with Gasteiger partial charge in [0.05, 0.1) is 11.1 Å². The minimum Gasteiger partial charge on any atom is -0.353 e. The van der Waals surface area contributed by atoms with E-state index in [0.29, 0.717) is 11.4 Å². The van der Waals surface area contributed by atoms with Gasteiger partial charge in [-0.25, -0.2) is 17.4 Å². The zero-order chi connectivity index (χ0) is 19.6. The zero-order valence-corrected chi connectivity index (χ0v) is 16.6. The topological polar surface area (TPSA) is 71.3 Å². The Morgan fingerprint density at radius 2 is 1.75 bits per heavy atom. The molecule has 0 unspecified atom stereocenters. The summed E-state index contributed by atoms with van der Waals surface area (Å²) in [6.45, 7) is 5.89. The van der Waals surface area contributed by atoms with Gasteiger partial charge in [0.25, 0.3) is 10.0 Å². The van der Waals surface area contributed by atoms with E-state index in [0.717, 1.165) is 43.3 Å². The Morgan fingerprint density at radius 1 is 1.00 bits per heavy atom. The normalized spacial score (nSPS) is 15.7. The molecule has 0 spiro atoms. The molecule has 0 amide bonds. The Bertz CT molecular complexity index is 1020. The van der Waals surface area contributed by atoms with Gasteiger partial charge in [0, 0.05) is 57.0 Å². The highest BCUT2D eigenvalue weighted by atomic mass is 32.2. The molecule has 28 heavy (non-hydrogen) atoms. The van der Waals surface area contributed by atoms with E-state index in [9.17, 15) is 8.42 Å². The molecule has 0 atom stereocenters. The second kappa shape index (κ2) is 7.73. The van der Waals surface area contributed by atoms with Crippen LogP contribution in [0, 0.1) is 6.92 Å². The highest BCUT2D eigenvalue weighted by Gasteiger charge is 2.23. The second-order valence-electron chi connectivity index (χ2n) is 6.94. The molecule has 8 heteroatoms. The number of nitrogens with zero attached hydrogens (tertiary/aromatic N) is 5. The van der Waals surface area contributed by atoms with Crippen molar-refractivity contribution in [2.24, 2.45) is 0 Å². The third-order valence-corrected chi connectivity index (χ3v) is 6.74. The van der Waals surface area contributed by atoms with Gasteiger partial charge < -0.3 is 4.90 Å². The van der Waals surface area contributed by atoms with Crippen LogP contribution in [0.25, 0.3) is 0 Å². The quantitative estimate of drug-likeness (QED) is 0.657. The fraction of sp³-hybridized carbons (Fsp3) is 0.300. The van der Waals surface area contributed by atoms with Crippen LogP contribution >= 0.6 is 0 Å². The van der Waals surface area contributed by atoms with Crippen molar-refractivity contribution < 1.29 is 8.42 Å². The van der Waals surface area contributed by atoms with Crippen molar-refractivity contribution >= 4 is 15.8 Å². The van der Waals surface area contributed by atoms with Crippen LogP contribution in [0.2, 0.25) is 0 Å². The molecule has 0 aliphatic carbocycles. The monoisotopic (exact) mass is 397 g/mol. The van der Waals surface area contributed by atoms with Crippen molar-refractivity contribution in [2.45, 2.75) is 18.4 Å². The van der Waals surface area contributed by atoms with Crippen molar-refractivity contribution in [1.29, 1.82) is 0 Å². The van der Waals surface area contributed by atoms with Crippen LogP contribution in [0.4, 0.5) is 5.82 Å². The number of aryl methyl sites for hydroxylation is 1. The summed E-state index contributed by atoms with van der Waals surface area (Å²) < 4.78 is 27.4. The molecule has 1 aliphatic rings. The average Bonchev–Trinajstić information content (AvgIpc) is 3.19. The van der Waals surface area contributed by atoms with Crippen molar-refractivity contribution in [3.63, 3.8) is 0 Å². The summed E-state index contributed by atoms with van der Waals surface area (Å²) >= 11 is 0. The second-order valence-corrected chi connectivity index (χ2v) is 8.76. The van der Waals surface area contributed by atoms with Crippen LogP contribution in [-0.4, -0.2) is 53.4 Å². The molecule has 0 saturated carbocycles. The standard InChI is InChI=1S/C20H23N5O2S/c1-17-4-6-19(7-5-17)28(26,27)25-10-2-3-18(25)16-23-11-13-24(14-12-23)20-15-21-8-9-22-20/h2-10,15H,11-14,16H2,1H3. The number of hydrogen-bond acceptors (Lipinski definition) is 6. The molecule has 0 N–H and O–H groups in total. The van der Waals surface area contributed by atoms with Gasteiger partial charge in [-0.15, -0.1) is 0 Å². The highest BCUT2D eigenvalue weighted by molar-refractivity contribution is 7.90. The summed E-state index contributed by atoms with van der Waals surface area (Å²) in [6.07, 6.45) is 6.77. The molecule has 0 radical (unpaired) electrons. The molecule has 1 saturated heterocycles. The lowest BCUT2D eigenvalue weighted by atomic mass is 10.2. The predicted molar refractivity (Wildman–Crippen MR) is 108 cm³/mol. The van der Waals surface area contributed by atoms with Gasteiger partial charge >= 0.3 is 0 Å². The minimum absolute atomic E-state index is 0.308. The van der Waals surface area contributed by atoms with E-state index in [2.05, 4.69) is 19.8 Å². The smallest absolute Gasteiger partial charge is 0.267 e. The van der Waals surface area contributed by atoms with Gasteiger partial charge in [0.2, 0.25) is 0 Å². The molecule has 2 aromatic heterocycles. The van der Waals surface area contributed by atoms with E-state index >= 15 is 0 Å². The molecule has 1 fully saturated rings. The Balaban J connectivity index is 1.46. The van der Waals surface area contributed by atoms with Gasteiger partial charge in [0.1, 0.15) is 5.82 Å². The minimum atomic E-state index is -3.59. The Morgan fingerprint density at radius 3 is 2.43 bits per heavy atom. The Kier molecular flexibility index (Phi) is 5.15. The molecule has 4 rings (SSSR count). The summed E-state index contributed by atoms with van der Waals surface area (Å²) in [5.74, 6) is 0.882. The maximum atomic E-state index is 13.0. The number of anilines is 1. The van der Waals surface area contributed by atoms with Gasteiger partial charge in [0.15, 0.2) is 0 Å². The lowest BCUT2D eigenvalue weighted by Crippen LogP contribution is -2.46. The first-order valence-corrected chi connectivity index (χ1v) is 10.7. The first-order valence-electron chi connectivity index (χ1n) is 9.26. The molecule has 1 aromatic carbocycles. The van der Waals surface area contributed by atoms with Gasteiger partial charge in [-0.05, 0) is 31.2 Å². The summed E-state index contributed by atoms with van der Waals surface area (Å²) in [4.78, 5) is 13.3. The third-order valence-electron chi connectivity index (χ3n) is 5.00. The molecular weight excluding hydrogens is 374 g/mol.